The number of H-pyrrole nitrogens is 1. The summed E-state index contributed by atoms with van der Waals surface area (Å²) in [4.78, 5) is 14.7. The molecule has 0 radical (unpaired) electrons. The van der Waals surface area contributed by atoms with Gasteiger partial charge in [-0.2, -0.15) is 0 Å². The average Bonchev–Trinajstić information content (AvgIpc) is 3.04. The maximum atomic E-state index is 11.3. The van der Waals surface area contributed by atoms with Crippen molar-refractivity contribution < 1.29 is 4.79 Å². The van der Waals surface area contributed by atoms with Gasteiger partial charge in [0.1, 0.15) is 0 Å². The summed E-state index contributed by atoms with van der Waals surface area (Å²) in [5.74, 6) is 0.589. The molecule has 0 atom stereocenters. The van der Waals surface area contributed by atoms with Gasteiger partial charge in [0.25, 0.3) is 0 Å². The molecule has 1 heterocycles. The van der Waals surface area contributed by atoms with Gasteiger partial charge in [-0.15, -0.1) is 0 Å². The first-order chi connectivity index (χ1) is 7.72. The highest BCUT2D eigenvalue weighted by Crippen LogP contribution is 2.43. The van der Waals surface area contributed by atoms with Crippen molar-refractivity contribution in [1.29, 1.82) is 0 Å². The standard InChI is InChI=1S/C14H15NO/c1-8-3-4-9(2)13-12(8)11(7-16)14(15-13)10-5-6-10/h3-4,7,10,15H,5-6H2,1-2H3. The van der Waals surface area contributed by atoms with Crippen molar-refractivity contribution in [3.63, 3.8) is 0 Å². The van der Waals surface area contributed by atoms with Crippen molar-refractivity contribution in [2.45, 2.75) is 32.6 Å². The van der Waals surface area contributed by atoms with E-state index in [4.69, 9.17) is 0 Å². The Morgan fingerprint density at radius 1 is 1.25 bits per heavy atom. The zero-order chi connectivity index (χ0) is 11.3. The molecular formula is C14H15NO. The molecule has 16 heavy (non-hydrogen) atoms. The SMILES string of the molecule is Cc1ccc(C)c2c(C=O)c(C3CC3)[nH]c12. The lowest BCUT2D eigenvalue weighted by molar-refractivity contribution is 0.112. The van der Waals surface area contributed by atoms with Crippen LogP contribution in [0.4, 0.5) is 0 Å². The van der Waals surface area contributed by atoms with Crippen LogP contribution in [0.3, 0.4) is 0 Å². The van der Waals surface area contributed by atoms with Crippen LogP contribution in [0, 0.1) is 13.8 Å². The Morgan fingerprint density at radius 3 is 2.56 bits per heavy atom. The van der Waals surface area contributed by atoms with Gasteiger partial charge in [0.05, 0.1) is 0 Å². The van der Waals surface area contributed by atoms with Crippen molar-refractivity contribution >= 4 is 17.2 Å². The van der Waals surface area contributed by atoms with Gasteiger partial charge >= 0.3 is 0 Å². The van der Waals surface area contributed by atoms with Gasteiger partial charge in [0.2, 0.25) is 0 Å². The highest BCUT2D eigenvalue weighted by molar-refractivity contribution is 6.02. The van der Waals surface area contributed by atoms with Crippen LogP contribution in [0.5, 0.6) is 0 Å². The third-order valence-electron chi connectivity index (χ3n) is 3.54. The van der Waals surface area contributed by atoms with Gasteiger partial charge in [-0.05, 0) is 43.7 Å². The number of carbonyl (C=O) groups is 1. The lowest BCUT2D eigenvalue weighted by atomic mass is 10.0. The van der Waals surface area contributed by atoms with Crippen LogP contribution in [0.1, 0.15) is 45.9 Å². The van der Waals surface area contributed by atoms with E-state index < -0.39 is 0 Å². The van der Waals surface area contributed by atoms with E-state index in [0.717, 1.165) is 28.4 Å². The van der Waals surface area contributed by atoms with Crippen LogP contribution in [0.15, 0.2) is 12.1 Å². The molecule has 1 N–H and O–H groups in total. The fourth-order valence-corrected chi connectivity index (χ4v) is 2.47. The van der Waals surface area contributed by atoms with Crippen LogP contribution >= 0.6 is 0 Å². The summed E-state index contributed by atoms with van der Waals surface area (Å²) in [7, 11) is 0. The second kappa shape index (κ2) is 3.21. The molecule has 1 aromatic heterocycles. The Hall–Kier alpha value is -1.57. The second-order valence-electron chi connectivity index (χ2n) is 4.79. The van der Waals surface area contributed by atoms with Crippen LogP contribution in [0.25, 0.3) is 10.9 Å². The first-order valence-corrected chi connectivity index (χ1v) is 5.79. The third kappa shape index (κ3) is 1.22. The van der Waals surface area contributed by atoms with E-state index in [0.29, 0.717) is 5.92 Å². The number of aromatic nitrogens is 1. The van der Waals surface area contributed by atoms with Gasteiger partial charge in [-0.3, -0.25) is 4.79 Å². The van der Waals surface area contributed by atoms with Crippen molar-refractivity contribution in [2.24, 2.45) is 0 Å². The number of aromatic amines is 1. The Morgan fingerprint density at radius 2 is 1.94 bits per heavy atom. The number of hydrogen-bond donors (Lipinski definition) is 1. The summed E-state index contributed by atoms with van der Waals surface area (Å²) in [5, 5.41) is 1.12. The molecule has 0 spiro atoms. The number of nitrogens with one attached hydrogen (secondary N) is 1. The first kappa shape index (κ1) is 9.64. The summed E-state index contributed by atoms with van der Waals surface area (Å²) in [6.45, 7) is 4.16. The number of aryl methyl sites for hydroxylation is 2. The largest absolute Gasteiger partial charge is 0.357 e. The van der Waals surface area contributed by atoms with Crippen LogP contribution in [-0.4, -0.2) is 11.3 Å². The topological polar surface area (TPSA) is 32.9 Å². The van der Waals surface area contributed by atoms with Crippen molar-refractivity contribution in [3.8, 4) is 0 Å². The Labute approximate surface area is 94.7 Å². The van der Waals surface area contributed by atoms with Crippen molar-refractivity contribution in [1.82, 2.24) is 4.98 Å². The predicted octanol–water partition coefficient (Wildman–Crippen LogP) is 3.47. The van der Waals surface area contributed by atoms with E-state index in [9.17, 15) is 4.79 Å². The monoisotopic (exact) mass is 213 g/mol. The van der Waals surface area contributed by atoms with E-state index in [2.05, 4.69) is 31.0 Å². The molecule has 2 heteroatoms. The summed E-state index contributed by atoms with van der Waals surface area (Å²) >= 11 is 0. The minimum atomic E-state index is 0.589. The van der Waals surface area contributed by atoms with Gasteiger partial charge in [0, 0.05) is 22.2 Å². The zero-order valence-electron chi connectivity index (χ0n) is 9.63. The zero-order valence-corrected chi connectivity index (χ0v) is 9.63. The lowest BCUT2D eigenvalue weighted by Crippen LogP contribution is -1.87. The van der Waals surface area contributed by atoms with Crippen LogP contribution in [-0.2, 0) is 0 Å². The number of benzene rings is 1. The molecule has 0 aliphatic heterocycles. The Balaban J connectivity index is 2.41. The Bertz CT molecular complexity index is 576. The van der Waals surface area contributed by atoms with E-state index in [1.54, 1.807) is 0 Å². The minimum absolute atomic E-state index is 0.589. The molecule has 0 saturated heterocycles. The highest BCUT2D eigenvalue weighted by atomic mass is 16.1. The number of rotatable bonds is 2. The maximum Gasteiger partial charge on any atom is 0.152 e. The van der Waals surface area contributed by atoms with E-state index >= 15 is 0 Å². The highest BCUT2D eigenvalue weighted by Gasteiger charge is 2.29. The van der Waals surface area contributed by atoms with E-state index in [1.807, 2.05) is 0 Å². The molecule has 0 bridgehead atoms. The normalized spacial score (nSPS) is 15.6. The molecule has 82 valence electrons. The van der Waals surface area contributed by atoms with Crippen LogP contribution < -0.4 is 0 Å². The molecule has 1 aliphatic rings. The summed E-state index contributed by atoms with van der Waals surface area (Å²) in [6, 6.07) is 4.20. The molecule has 1 saturated carbocycles. The first-order valence-electron chi connectivity index (χ1n) is 5.79. The minimum Gasteiger partial charge on any atom is -0.357 e. The fourth-order valence-electron chi connectivity index (χ4n) is 2.47. The summed E-state index contributed by atoms with van der Waals surface area (Å²) in [6.07, 6.45) is 3.44. The third-order valence-corrected chi connectivity index (χ3v) is 3.54. The number of fused-ring (bicyclic) bond motifs is 1. The number of carbonyl (C=O) groups excluding carboxylic acids is 1. The molecule has 1 fully saturated rings. The molecule has 2 nitrogen and oxygen atoms in total. The fraction of sp³-hybridized carbons (Fsp3) is 0.357. The van der Waals surface area contributed by atoms with Gasteiger partial charge in [-0.25, -0.2) is 0 Å². The number of hydrogen-bond acceptors (Lipinski definition) is 1. The summed E-state index contributed by atoms with van der Waals surface area (Å²) < 4.78 is 0. The predicted molar refractivity (Wildman–Crippen MR) is 65.1 cm³/mol. The molecule has 3 rings (SSSR count). The van der Waals surface area contributed by atoms with Gasteiger partial charge < -0.3 is 4.98 Å². The quantitative estimate of drug-likeness (QED) is 0.761. The maximum absolute atomic E-state index is 11.3. The molecule has 2 aromatic rings. The molecular weight excluding hydrogens is 198 g/mol. The van der Waals surface area contributed by atoms with E-state index in [-0.39, 0.29) is 0 Å². The van der Waals surface area contributed by atoms with Gasteiger partial charge in [0.15, 0.2) is 6.29 Å². The molecule has 0 unspecified atom stereocenters. The summed E-state index contributed by atoms with van der Waals surface area (Å²) in [5.41, 5.74) is 5.59. The van der Waals surface area contributed by atoms with Gasteiger partial charge in [-0.1, -0.05) is 12.1 Å². The lowest BCUT2D eigenvalue weighted by Gasteiger charge is -1.99. The smallest absolute Gasteiger partial charge is 0.152 e. The van der Waals surface area contributed by atoms with E-state index in [1.165, 1.54) is 24.0 Å². The van der Waals surface area contributed by atoms with Crippen LogP contribution in [0.2, 0.25) is 0 Å². The number of aldehydes is 1. The van der Waals surface area contributed by atoms with Crippen molar-refractivity contribution in [3.05, 3.63) is 34.5 Å². The second-order valence-corrected chi connectivity index (χ2v) is 4.79. The molecule has 1 aliphatic carbocycles. The Kier molecular flexibility index (Phi) is 1.93. The molecule has 1 aromatic carbocycles. The average molecular weight is 213 g/mol. The van der Waals surface area contributed by atoms with Crippen molar-refractivity contribution in [2.75, 3.05) is 0 Å². The molecule has 0 amide bonds.